The minimum atomic E-state index is 0. The molecule has 0 amide bonds. The number of methoxy groups -OCH3 is 1. The molecule has 2 unspecified atom stereocenters. The molecule has 0 aliphatic heterocycles. The molecule has 1 aromatic carbocycles. The number of nitrogens with one attached hydrogen (secondary N) is 2. The lowest BCUT2D eigenvalue weighted by Crippen LogP contribution is -2.65. The van der Waals surface area contributed by atoms with Crippen LogP contribution in [0, 0.1) is 5.41 Å². The number of rotatable bonds is 6. The van der Waals surface area contributed by atoms with Crippen molar-refractivity contribution in [3.63, 3.8) is 0 Å². The quantitative estimate of drug-likeness (QED) is 0.376. The number of ether oxygens (including phenoxy) is 2. The fourth-order valence-corrected chi connectivity index (χ4v) is 4.38. The smallest absolute Gasteiger partial charge is 0.191 e. The second-order valence-electron chi connectivity index (χ2n) is 7.09. The highest BCUT2D eigenvalue weighted by atomic mass is 127. The minimum absolute atomic E-state index is 0. The van der Waals surface area contributed by atoms with Crippen molar-refractivity contribution >= 4 is 29.9 Å². The Morgan fingerprint density at radius 2 is 1.92 bits per heavy atom. The summed E-state index contributed by atoms with van der Waals surface area (Å²) in [6.45, 7) is 3.65. The second kappa shape index (κ2) is 9.78. The molecule has 1 aromatic rings. The van der Waals surface area contributed by atoms with Crippen molar-refractivity contribution < 1.29 is 9.47 Å². The first-order chi connectivity index (χ1) is 12.2. The zero-order valence-electron chi connectivity index (χ0n) is 16.1. The van der Waals surface area contributed by atoms with Crippen molar-refractivity contribution in [1.82, 2.24) is 10.6 Å². The van der Waals surface area contributed by atoms with Gasteiger partial charge in [0, 0.05) is 31.7 Å². The van der Waals surface area contributed by atoms with E-state index in [2.05, 4.69) is 34.7 Å². The van der Waals surface area contributed by atoms with Gasteiger partial charge in [-0.3, -0.25) is 4.99 Å². The van der Waals surface area contributed by atoms with Gasteiger partial charge in [0.05, 0.1) is 13.2 Å². The van der Waals surface area contributed by atoms with Crippen molar-refractivity contribution in [1.29, 1.82) is 0 Å². The molecule has 0 bridgehead atoms. The molecule has 0 saturated heterocycles. The maximum absolute atomic E-state index is 6.00. The summed E-state index contributed by atoms with van der Waals surface area (Å²) >= 11 is 0. The van der Waals surface area contributed by atoms with Crippen LogP contribution < -0.4 is 15.4 Å². The third-order valence-electron chi connectivity index (χ3n) is 5.84. The van der Waals surface area contributed by atoms with E-state index in [4.69, 9.17) is 9.47 Å². The van der Waals surface area contributed by atoms with Gasteiger partial charge >= 0.3 is 0 Å². The van der Waals surface area contributed by atoms with E-state index in [1.807, 2.05) is 19.2 Å². The van der Waals surface area contributed by atoms with Crippen LogP contribution in [-0.4, -0.2) is 38.9 Å². The Kier molecular flexibility index (Phi) is 8.01. The Morgan fingerprint density at radius 1 is 1.23 bits per heavy atom. The second-order valence-corrected chi connectivity index (χ2v) is 7.09. The highest BCUT2D eigenvalue weighted by molar-refractivity contribution is 14.0. The van der Waals surface area contributed by atoms with Crippen molar-refractivity contribution in [2.75, 3.05) is 20.8 Å². The molecule has 0 heterocycles. The number of guanidine groups is 1. The monoisotopic (exact) mass is 473 g/mol. The van der Waals surface area contributed by atoms with Gasteiger partial charge in [0.1, 0.15) is 5.75 Å². The van der Waals surface area contributed by atoms with Gasteiger partial charge in [-0.1, -0.05) is 25.0 Å². The lowest BCUT2D eigenvalue weighted by Gasteiger charge is -2.54. The summed E-state index contributed by atoms with van der Waals surface area (Å²) in [6.07, 6.45) is 6.67. The molecule has 1 spiro atoms. The van der Waals surface area contributed by atoms with Crippen LogP contribution >= 0.6 is 24.0 Å². The van der Waals surface area contributed by atoms with Crippen molar-refractivity contribution in [2.45, 2.75) is 57.7 Å². The van der Waals surface area contributed by atoms with E-state index in [-0.39, 0.29) is 24.0 Å². The molecule has 0 aromatic heterocycles. The molecule has 0 radical (unpaired) electrons. The van der Waals surface area contributed by atoms with E-state index in [9.17, 15) is 0 Å². The summed E-state index contributed by atoms with van der Waals surface area (Å²) in [7, 11) is 3.52. The number of benzene rings is 1. The lowest BCUT2D eigenvalue weighted by molar-refractivity contribution is -0.125. The molecule has 2 atom stereocenters. The first-order valence-corrected chi connectivity index (χ1v) is 9.43. The van der Waals surface area contributed by atoms with Gasteiger partial charge < -0.3 is 20.1 Å². The molecular weight excluding hydrogens is 441 g/mol. The topological polar surface area (TPSA) is 54.9 Å². The van der Waals surface area contributed by atoms with Gasteiger partial charge in [-0.15, -0.1) is 24.0 Å². The Hall–Kier alpha value is -1.02. The Morgan fingerprint density at radius 3 is 2.50 bits per heavy atom. The number of nitrogens with zero attached hydrogens (tertiary/aromatic N) is 1. The molecule has 2 saturated carbocycles. The zero-order valence-corrected chi connectivity index (χ0v) is 18.4. The van der Waals surface area contributed by atoms with Gasteiger partial charge in [-0.05, 0) is 43.9 Å². The molecule has 2 fully saturated rings. The largest absolute Gasteiger partial charge is 0.497 e. The fraction of sp³-hybridized carbons (Fsp3) is 0.650. The Bertz CT molecular complexity index is 585. The molecule has 2 aliphatic carbocycles. The number of aliphatic imine (C=N–C) groups is 1. The van der Waals surface area contributed by atoms with E-state index >= 15 is 0 Å². The summed E-state index contributed by atoms with van der Waals surface area (Å²) < 4.78 is 11.2. The zero-order chi connectivity index (χ0) is 17.7. The molecule has 26 heavy (non-hydrogen) atoms. The van der Waals surface area contributed by atoms with Crippen LogP contribution in [-0.2, 0) is 11.3 Å². The first kappa shape index (κ1) is 21.3. The van der Waals surface area contributed by atoms with E-state index < -0.39 is 0 Å². The summed E-state index contributed by atoms with van der Waals surface area (Å²) in [6, 6.07) is 8.59. The number of hydrogen-bond donors (Lipinski definition) is 2. The van der Waals surface area contributed by atoms with Gasteiger partial charge in [0.25, 0.3) is 0 Å². The van der Waals surface area contributed by atoms with Crippen LogP contribution in [0.2, 0.25) is 0 Å². The van der Waals surface area contributed by atoms with Crippen molar-refractivity contribution in [3.05, 3.63) is 29.8 Å². The van der Waals surface area contributed by atoms with Crippen LogP contribution in [0.25, 0.3) is 0 Å². The van der Waals surface area contributed by atoms with E-state index in [0.717, 1.165) is 31.3 Å². The average molecular weight is 473 g/mol. The summed E-state index contributed by atoms with van der Waals surface area (Å²) in [5.41, 5.74) is 1.52. The van der Waals surface area contributed by atoms with Crippen molar-refractivity contribution in [3.8, 4) is 5.75 Å². The first-order valence-electron chi connectivity index (χ1n) is 9.43. The molecule has 146 valence electrons. The summed E-state index contributed by atoms with van der Waals surface area (Å²) in [5, 5.41) is 7.08. The lowest BCUT2D eigenvalue weighted by atomic mass is 9.60. The summed E-state index contributed by atoms with van der Waals surface area (Å²) in [5.74, 6) is 1.76. The molecule has 5 nitrogen and oxygen atoms in total. The third-order valence-corrected chi connectivity index (χ3v) is 5.84. The normalized spacial score (nSPS) is 23.9. The molecule has 2 aliphatic rings. The van der Waals surface area contributed by atoms with E-state index in [0.29, 0.717) is 17.6 Å². The Labute approximate surface area is 174 Å². The van der Waals surface area contributed by atoms with Gasteiger partial charge in [-0.2, -0.15) is 0 Å². The van der Waals surface area contributed by atoms with Crippen molar-refractivity contribution in [2.24, 2.45) is 10.4 Å². The third kappa shape index (κ3) is 4.44. The number of hydrogen-bond acceptors (Lipinski definition) is 3. The molecule has 2 N–H and O–H groups in total. The van der Waals surface area contributed by atoms with E-state index in [1.165, 1.54) is 31.2 Å². The van der Waals surface area contributed by atoms with Crippen LogP contribution in [0.15, 0.2) is 29.3 Å². The SMILES string of the molecule is CCOC1CC(NC(=NC)NCc2ccc(OC)cc2)C12CCCC2.I. The molecule has 3 rings (SSSR count). The van der Waals surface area contributed by atoms with Gasteiger partial charge in [0.2, 0.25) is 0 Å². The minimum Gasteiger partial charge on any atom is -0.497 e. The fourth-order valence-electron chi connectivity index (χ4n) is 4.38. The maximum Gasteiger partial charge on any atom is 0.191 e. The number of halogens is 1. The molecular formula is C20H32IN3O2. The van der Waals surface area contributed by atoms with Crippen LogP contribution in [0.1, 0.15) is 44.6 Å². The predicted octanol–water partition coefficient (Wildman–Crippen LogP) is 3.72. The Balaban J connectivity index is 0.00000243. The average Bonchev–Trinajstić information content (AvgIpc) is 3.17. The van der Waals surface area contributed by atoms with E-state index in [1.54, 1.807) is 7.11 Å². The maximum atomic E-state index is 6.00. The highest BCUT2D eigenvalue weighted by Crippen LogP contribution is 2.54. The standard InChI is InChI=1S/C20H31N3O2.HI/c1-4-25-18-13-17(20(18)11-5-6-12-20)23-19(21-2)22-14-15-7-9-16(24-3)10-8-15;/h7-10,17-18H,4-6,11-14H2,1-3H3,(H2,21,22,23);1H. The van der Waals surface area contributed by atoms with Crippen LogP contribution in [0.4, 0.5) is 0 Å². The van der Waals surface area contributed by atoms with Gasteiger partial charge in [-0.25, -0.2) is 0 Å². The van der Waals surface area contributed by atoms with Gasteiger partial charge in [0.15, 0.2) is 5.96 Å². The summed E-state index contributed by atoms with van der Waals surface area (Å²) in [4.78, 5) is 4.41. The molecule has 6 heteroatoms. The van der Waals surface area contributed by atoms with Crippen LogP contribution in [0.3, 0.4) is 0 Å². The van der Waals surface area contributed by atoms with Crippen LogP contribution in [0.5, 0.6) is 5.75 Å². The highest BCUT2D eigenvalue weighted by Gasteiger charge is 2.56. The predicted molar refractivity (Wildman–Crippen MR) is 116 cm³/mol.